The topological polar surface area (TPSA) is 138 Å². The summed E-state index contributed by atoms with van der Waals surface area (Å²) in [7, 11) is -1.99. The van der Waals surface area contributed by atoms with Crippen LogP contribution in [0.15, 0.2) is 82.7 Å². The van der Waals surface area contributed by atoms with Crippen molar-refractivity contribution >= 4 is 38.7 Å². The van der Waals surface area contributed by atoms with E-state index in [0.29, 0.717) is 18.3 Å². The molecule has 0 aliphatic carbocycles. The van der Waals surface area contributed by atoms with Crippen LogP contribution in [0.4, 0.5) is 5.69 Å². The van der Waals surface area contributed by atoms with Crippen molar-refractivity contribution in [1.29, 1.82) is 0 Å². The number of thiazole rings is 1. The van der Waals surface area contributed by atoms with Gasteiger partial charge in [-0.2, -0.15) is 0 Å². The van der Waals surface area contributed by atoms with Crippen molar-refractivity contribution in [3.8, 4) is 16.3 Å². The summed E-state index contributed by atoms with van der Waals surface area (Å²) in [5.74, 6) is -0.332. The van der Waals surface area contributed by atoms with Crippen LogP contribution in [0, 0.1) is 0 Å². The lowest BCUT2D eigenvalue weighted by atomic mass is 10.1. The lowest BCUT2D eigenvalue weighted by Crippen LogP contribution is -2.36. The molecule has 0 fully saturated rings. The summed E-state index contributed by atoms with van der Waals surface area (Å²) >= 11 is 1.43. The number of hydrogen-bond acceptors (Lipinski definition) is 9. The van der Waals surface area contributed by atoms with E-state index < -0.39 is 27.8 Å². The Bertz CT molecular complexity index is 1750. The Morgan fingerprint density at radius 3 is 2.58 bits per heavy atom. The van der Waals surface area contributed by atoms with Crippen LogP contribution in [0.1, 0.15) is 39.4 Å². The van der Waals surface area contributed by atoms with Gasteiger partial charge >= 0.3 is 0 Å². The summed E-state index contributed by atoms with van der Waals surface area (Å²) in [5.41, 5.74) is 1.20. The number of carbonyl (C=O) groups excluding carboxylic acids is 2. The van der Waals surface area contributed by atoms with Crippen molar-refractivity contribution in [3.05, 3.63) is 88.9 Å². The summed E-state index contributed by atoms with van der Waals surface area (Å²) < 4.78 is 32.1. The first-order valence-electron chi connectivity index (χ1n) is 13.7. The fourth-order valence-corrected chi connectivity index (χ4v) is 6.92. The molecule has 3 aromatic carbocycles. The molecular formula is C31H32N4O6S2. The first-order valence-corrected chi connectivity index (χ1v) is 16.0. The van der Waals surface area contributed by atoms with Gasteiger partial charge in [0, 0.05) is 34.8 Å². The number of ether oxygens (including phenoxy) is 1. The van der Waals surface area contributed by atoms with Gasteiger partial charge in [0.25, 0.3) is 11.8 Å². The quantitative estimate of drug-likeness (QED) is 0.240. The normalized spacial score (nSPS) is 14.4. The lowest BCUT2D eigenvalue weighted by Gasteiger charge is -2.24. The molecule has 3 N–H and O–H groups in total. The van der Waals surface area contributed by atoms with Gasteiger partial charge in [-0.25, -0.2) is 13.4 Å². The molecule has 2 heterocycles. The van der Waals surface area contributed by atoms with Crippen LogP contribution < -0.4 is 15.4 Å². The van der Waals surface area contributed by atoms with Gasteiger partial charge in [-0.1, -0.05) is 12.1 Å². The van der Waals surface area contributed by atoms with E-state index in [0.717, 1.165) is 15.4 Å². The van der Waals surface area contributed by atoms with Crippen molar-refractivity contribution < 1.29 is 27.9 Å². The molecule has 4 aromatic rings. The fourth-order valence-electron chi connectivity index (χ4n) is 4.47. The number of fused-ring (bicyclic) bond motifs is 2. The highest BCUT2D eigenvalue weighted by molar-refractivity contribution is 7.91. The number of carbonyl (C=O) groups is 2. The second-order valence-electron chi connectivity index (χ2n) is 10.5. The van der Waals surface area contributed by atoms with Gasteiger partial charge in [-0.15, -0.1) is 11.3 Å². The summed E-state index contributed by atoms with van der Waals surface area (Å²) in [4.78, 5) is 32.8. The summed E-state index contributed by atoms with van der Waals surface area (Å²) in [5, 5.41) is 16.4. The third-order valence-corrected chi connectivity index (χ3v) is 10.0. The van der Waals surface area contributed by atoms with Gasteiger partial charge in [0.15, 0.2) is 0 Å². The Morgan fingerprint density at radius 1 is 1.09 bits per heavy atom. The molecule has 0 radical (unpaired) electrons. The van der Waals surface area contributed by atoms with E-state index in [1.54, 1.807) is 18.3 Å². The van der Waals surface area contributed by atoms with Crippen molar-refractivity contribution in [1.82, 2.24) is 15.2 Å². The molecule has 0 spiro atoms. The number of aliphatic hydroxyl groups is 1. The molecule has 0 bridgehead atoms. The highest BCUT2D eigenvalue weighted by atomic mass is 32.2. The second kappa shape index (κ2) is 12.6. The zero-order valence-electron chi connectivity index (χ0n) is 23.9. The molecule has 224 valence electrons. The number of aliphatic hydroxyl groups excluding tert-OH is 1. The predicted molar refractivity (Wildman–Crippen MR) is 164 cm³/mol. The van der Waals surface area contributed by atoms with Crippen molar-refractivity contribution in [2.24, 2.45) is 0 Å². The third kappa shape index (κ3) is 6.78. The van der Waals surface area contributed by atoms with Gasteiger partial charge in [0.1, 0.15) is 23.5 Å². The molecule has 0 saturated heterocycles. The molecule has 1 unspecified atom stereocenters. The highest BCUT2D eigenvalue weighted by Gasteiger charge is 2.31. The number of nitrogens with zero attached hydrogens (tertiary/aromatic N) is 2. The Hall–Kier alpha value is -4.10. The maximum atomic E-state index is 13.2. The summed E-state index contributed by atoms with van der Waals surface area (Å²) in [6.45, 7) is 5.06. The SMILES string of the molecule is CC(C)N(C)CC(O)COc1ccc(-c2ncc(CNC(=O)c3ccc4c(c3)NC(=O)c3ccccc3S4(=O)=O)s2)cc1. The summed E-state index contributed by atoms with van der Waals surface area (Å²) in [6, 6.07) is 17.9. The number of likely N-dealkylation sites (N-methyl/N-ethyl adjacent to an activating group) is 1. The Balaban J connectivity index is 1.19. The van der Waals surface area contributed by atoms with Crippen molar-refractivity contribution in [2.45, 2.75) is 42.3 Å². The molecule has 10 nitrogen and oxygen atoms in total. The number of amides is 2. The van der Waals surface area contributed by atoms with Crippen LogP contribution in [0.3, 0.4) is 0 Å². The van der Waals surface area contributed by atoms with Gasteiger partial charge in [0.2, 0.25) is 9.84 Å². The number of nitrogens with one attached hydrogen (secondary N) is 2. The zero-order valence-corrected chi connectivity index (χ0v) is 25.5. The second-order valence-corrected chi connectivity index (χ2v) is 13.5. The van der Waals surface area contributed by atoms with E-state index >= 15 is 0 Å². The van der Waals surface area contributed by atoms with E-state index in [4.69, 9.17) is 4.74 Å². The minimum atomic E-state index is -3.95. The van der Waals surface area contributed by atoms with Crippen LogP contribution >= 0.6 is 11.3 Å². The minimum absolute atomic E-state index is 0.0526. The molecule has 1 atom stereocenters. The molecule has 0 saturated carbocycles. The maximum Gasteiger partial charge on any atom is 0.257 e. The molecule has 5 rings (SSSR count). The number of anilines is 1. The fraction of sp³-hybridized carbons (Fsp3) is 0.258. The first-order chi connectivity index (χ1) is 20.5. The molecule has 1 aliphatic heterocycles. The van der Waals surface area contributed by atoms with Gasteiger partial charge in [-0.3, -0.25) is 9.59 Å². The lowest BCUT2D eigenvalue weighted by molar-refractivity contribution is 0.0678. The monoisotopic (exact) mass is 620 g/mol. The average molecular weight is 621 g/mol. The number of benzene rings is 3. The minimum Gasteiger partial charge on any atom is -0.491 e. The Morgan fingerprint density at radius 2 is 1.84 bits per heavy atom. The molecule has 12 heteroatoms. The van der Waals surface area contributed by atoms with E-state index in [2.05, 4.69) is 34.4 Å². The van der Waals surface area contributed by atoms with Gasteiger partial charge in [-0.05, 0) is 75.5 Å². The van der Waals surface area contributed by atoms with Crippen LogP contribution in [-0.2, 0) is 16.4 Å². The van der Waals surface area contributed by atoms with Crippen molar-refractivity contribution in [2.75, 3.05) is 25.5 Å². The standard InChI is InChI=1S/C31H32N4O6S2/c1-19(2)35(3)17-22(36)18-41-23-11-8-20(9-12-23)31-33-16-24(42-31)15-32-29(37)21-10-13-28-26(14-21)34-30(38)25-6-4-5-7-27(25)43(28,39)40/h4-14,16,19,22,36H,15,17-18H2,1-3H3,(H,32,37)(H,34,38). The highest BCUT2D eigenvalue weighted by Crippen LogP contribution is 2.34. The smallest absolute Gasteiger partial charge is 0.257 e. The predicted octanol–water partition coefficient (Wildman–Crippen LogP) is 4.22. The summed E-state index contributed by atoms with van der Waals surface area (Å²) in [6.07, 6.45) is 1.09. The Kier molecular flexibility index (Phi) is 8.92. The van der Waals surface area contributed by atoms with Crippen molar-refractivity contribution in [3.63, 3.8) is 0 Å². The zero-order chi connectivity index (χ0) is 30.7. The number of rotatable bonds is 10. The average Bonchev–Trinajstić information content (AvgIpc) is 3.45. The molecule has 43 heavy (non-hydrogen) atoms. The van der Waals surface area contributed by atoms with Gasteiger partial charge in [0.05, 0.1) is 27.6 Å². The van der Waals surface area contributed by atoms with E-state index in [1.807, 2.05) is 31.3 Å². The largest absolute Gasteiger partial charge is 0.491 e. The first kappa shape index (κ1) is 30.4. The maximum absolute atomic E-state index is 13.2. The molecule has 2 amide bonds. The van der Waals surface area contributed by atoms with Crippen LogP contribution in [-0.4, -0.2) is 67.6 Å². The number of aromatic nitrogens is 1. The molecular weight excluding hydrogens is 588 g/mol. The molecule has 1 aliphatic rings. The van der Waals surface area contributed by atoms with E-state index in [-0.39, 0.29) is 39.8 Å². The van der Waals surface area contributed by atoms with Crippen LogP contribution in [0.2, 0.25) is 0 Å². The van der Waals surface area contributed by atoms with Gasteiger partial charge < -0.3 is 25.4 Å². The van der Waals surface area contributed by atoms with Crippen LogP contribution in [0.5, 0.6) is 5.75 Å². The van der Waals surface area contributed by atoms with Crippen LogP contribution in [0.25, 0.3) is 10.6 Å². The Labute approximate surface area is 254 Å². The van der Waals surface area contributed by atoms with E-state index in [1.165, 1.54) is 41.7 Å². The molecule has 1 aromatic heterocycles. The van der Waals surface area contributed by atoms with E-state index in [9.17, 15) is 23.1 Å². The number of sulfone groups is 1. The third-order valence-electron chi connectivity index (χ3n) is 7.10. The number of hydrogen-bond donors (Lipinski definition) is 3.